The highest BCUT2D eigenvalue weighted by molar-refractivity contribution is 5.95. The Morgan fingerprint density at radius 3 is 2.15 bits per heavy atom. The van der Waals surface area contributed by atoms with Crippen molar-refractivity contribution in [2.24, 2.45) is 5.92 Å². The van der Waals surface area contributed by atoms with Crippen molar-refractivity contribution < 1.29 is 19.1 Å². The molecule has 0 bridgehead atoms. The summed E-state index contributed by atoms with van der Waals surface area (Å²) in [5, 5.41) is 2.95. The fourth-order valence-corrected chi connectivity index (χ4v) is 5.14. The average molecular weight is 541 g/mol. The van der Waals surface area contributed by atoms with Crippen LogP contribution in [-0.4, -0.2) is 67.4 Å². The molecule has 208 valence electrons. The van der Waals surface area contributed by atoms with E-state index in [-0.39, 0.29) is 30.2 Å². The van der Waals surface area contributed by atoms with Gasteiger partial charge in [0.15, 0.2) is 0 Å². The molecule has 1 saturated heterocycles. The van der Waals surface area contributed by atoms with Crippen LogP contribution in [0, 0.1) is 5.92 Å². The molecule has 5 rings (SSSR count). The summed E-state index contributed by atoms with van der Waals surface area (Å²) in [6.07, 6.45) is 2.87. The Labute approximate surface area is 235 Å². The van der Waals surface area contributed by atoms with Gasteiger partial charge in [-0.25, -0.2) is 0 Å². The van der Waals surface area contributed by atoms with Crippen molar-refractivity contribution in [2.45, 2.75) is 25.8 Å². The molecule has 0 spiro atoms. The zero-order valence-corrected chi connectivity index (χ0v) is 22.9. The zero-order chi connectivity index (χ0) is 27.9. The number of ether oxygens (including phenoxy) is 1. The molecule has 40 heavy (non-hydrogen) atoms. The molecule has 2 fully saturated rings. The summed E-state index contributed by atoms with van der Waals surface area (Å²) in [6, 6.07) is 24.7. The number of hydrogen-bond acceptors (Lipinski definition) is 5. The molecule has 0 aromatic heterocycles. The van der Waals surface area contributed by atoms with Gasteiger partial charge in [0.05, 0.1) is 7.11 Å². The lowest BCUT2D eigenvalue weighted by atomic mass is 9.84. The first-order valence-corrected chi connectivity index (χ1v) is 13.9. The molecule has 3 amide bonds. The maximum atomic E-state index is 13.0. The van der Waals surface area contributed by atoms with Crippen LogP contribution in [-0.2, 0) is 16.1 Å². The van der Waals surface area contributed by atoms with Crippen LogP contribution in [0.1, 0.15) is 35.2 Å². The molecule has 0 radical (unpaired) electrons. The van der Waals surface area contributed by atoms with Gasteiger partial charge in [-0.2, -0.15) is 0 Å². The molecule has 0 atom stereocenters. The molecule has 1 heterocycles. The SMILES string of the molecule is COc1ccc(C(=O)N2CCN(c3ccc(NC(=O)CN(Cc4ccccc4)C(=O)C4CCC4)cc3)CC2)cc1. The van der Waals surface area contributed by atoms with Crippen molar-refractivity contribution in [3.63, 3.8) is 0 Å². The van der Waals surface area contributed by atoms with Crippen molar-refractivity contribution in [3.05, 3.63) is 90.0 Å². The maximum absolute atomic E-state index is 13.0. The summed E-state index contributed by atoms with van der Waals surface area (Å²) in [5.74, 6) is 0.639. The van der Waals surface area contributed by atoms with E-state index in [9.17, 15) is 14.4 Å². The second kappa shape index (κ2) is 12.7. The lowest BCUT2D eigenvalue weighted by molar-refractivity contribution is -0.141. The molecule has 8 heteroatoms. The summed E-state index contributed by atoms with van der Waals surface area (Å²) in [5.41, 5.74) is 3.41. The van der Waals surface area contributed by atoms with Crippen LogP contribution >= 0.6 is 0 Å². The molecule has 3 aromatic rings. The lowest BCUT2D eigenvalue weighted by Gasteiger charge is -2.36. The highest BCUT2D eigenvalue weighted by Crippen LogP contribution is 2.29. The fraction of sp³-hybridized carbons (Fsp3) is 0.344. The monoisotopic (exact) mass is 540 g/mol. The molecule has 3 aromatic carbocycles. The minimum absolute atomic E-state index is 0.0240. The van der Waals surface area contributed by atoms with Crippen LogP contribution in [0.15, 0.2) is 78.9 Å². The zero-order valence-electron chi connectivity index (χ0n) is 22.9. The fourth-order valence-electron chi connectivity index (χ4n) is 5.14. The van der Waals surface area contributed by atoms with E-state index in [4.69, 9.17) is 4.74 Å². The normalized spacial score (nSPS) is 15.2. The molecule has 1 aliphatic heterocycles. The van der Waals surface area contributed by atoms with Crippen LogP contribution in [0.2, 0.25) is 0 Å². The first-order chi connectivity index (χ1) is 19.5. The van der Waals surface area contributed by atoms with Crippen LogP contribution in [0.3, 0.4) is 0 Å². The van der Waals surface area contributed by atoms with Gasteiger partial charge in [0.25, 0.3) is 5.91 Å². The molecular weight excluding hydrogens is 504 g/mol. The molecule has 1 aliphatic carbocycles. The van der Waals surface area contributed by atoms with Gasteiger partial charge in [-0.05, 0) is 66.9 Å². The van der Waals surface area contributed by atoms with Gasteiger partial charge in [0.2, 0.25) is 11.8 Å². The minimum atomic E-state index is -0.206. The van der Waals surface area contributed by atoms with E-state index in [0.717, 1.165) is 49.4 Å². The Bertz CT molecular complexity index is 1300. The van der Waals surface area contributed by atoms with Crippen molar-refractivity contribution in [2.75, 3.05) is 50.1 Å². The number of nitrogens with one attached hydrogen (secondary N) is 1. The standard InChI is InChI=1S/C32H36N4O4/c1-40-29-16-10-26(11-17-29)31(38)35-20-18-34(19-21-35)28-14-12-27(13-15-28)33-30(37)23-36(32(39)25-8-5-9-25)22-24-6-3-2-4-7-24/h2-4,6-7,10-17,25H,5,8-9,18-23H2,1H3,(H,33,37). The number of carbonyl (C=O) groups excluding carboxylic acids is 3. The predicted molar refractivity (Wildman–Crippen MR) is 155 cm³/mol. The highest BCUT2D eigenvalue weighted by Gasteiger charge is 2.30. The Morgan fingerprint density at radius 2 is 1.55 bits per heavy atom. The number of carbonyl (C=O) groups is 3. The number of anilines is 2. The number of methoxy groups -OCH3 is 1. The van der Waals surface area contributed by atoms with Gasteiger partial charge in [0.1, 0.15) is 12.3 Å². The lowest BCUT2D eigenvalue weighted by Crippen LogP contribution is -2.48. The second-order valence-electron chi connectivity index (χ2n) is 10.4. The summed E-state index contributed by atoms with van der Waals surface area (Å²) in [4.78, 5) is 44.6. The number of piperazine rings is 1. The molecule has 8 nitrogen and oxygen atoms in total. The summed E-state index contributed by atoms with van der Waals surface area (Å²) >= 11 is 0. The summed E-state index contributed by atoms with van der Waals surface area (Å²) < 4.78 is 5.18. The Kier molecular flexibility index (Phi) is 8.64. The first kappa shape index (κ1) is 27.2. The second-order valence-corrected chi connectivity index (χ2v) is 10.4. The van der Waals surface area contributed by atoms with E-state index in [1.54, 1.807) is 36.3 Å². The van der Waals surface area contributed by atoms with Crippen LogP contribution in [0.5, 0.6) is 5.75 Å². The molecule has 2 aliphatic rings. The first-order valence-electron chi connectivity index (χ1n) is 13.9. The van der Waals surface area contributed by atoms with Gasteiger partial charge in [-0.15, -0.1) is 0 Å². The topological polar surface area (TPSA) is 82.2 Å². The van der Waals surface area contributed by atoms with Crippen molar-refractivity contribution in [1.29, 1.82) is 0 Å². The largest absolute Gasteiger partial charge is 0.497 e. The number of nitrogens with zero attached hydrogens (tertiary/aromatic N) is 3. The van der Waals surface area contributed by atoms with Crippen molar-refractivity contribution in [3.8, 4) is 5.75 Å². The number of amides is 3. The van der Waals surface area contributed by atoms with Gasteiger partial charge in [-0.1, -0.05) is 36.8 Å². The maximum Gasteiger partial charge on any atom is 0.253 e. The van der Waals surface area contributed by atoms with E-state index in [0.29, 0.717) is 30.9 Å². The minimum Gasteiger partial charge on any atom is -0.497 e. The molecule has 0 unspecified atom stereocenters. The van der Waals surface area contributed by atoms with Crippen molar-refractivity contribution in [1.82, 2.24) is 9.80 Å². The van der Waals surface area contributed by atoms with Gasteiger partial charge < -0.3 is 24.8 Å². The van der Waals surface area contributed by atoms with Gasteiger partial charge in [0, 0.05) is 55.6 Å². The smallest absolute Gasteiger partial charge is 0.253 e. The number of hydrogen-bond donors (Lipinski definition) is 1. The predicted octanol–water partition coefficient (Wildman–Crippen LogP) is 4.43. The Morgan fingerprint density at radius 1 is 0.875 bits per heavy atom. The van der Waals surface area contributed by atoms with Crippen LogP contribution in [0.25, 0.3) is 0 Å². The molecular formula is C32H36N4O4. The third-order valence-electron chi connectivity index (χ3n) is 7.74. The summed E-state index contributed by atoms with van der Waals surface area (Å²) in [6.45, 7) is 3.17. The molecule has 1 N–H and O–H groups in total. The summed E-state index contributed by atoms with van der Waals surface area (Å²) in [7, 11) is 1.61. The van der Waals surface area contributed by atoms with Crippen molar-refractivity contribution >= 4 is 29.1 Å². The van der Waals surface area contributed by atoms with E-state index >= 15 is 0 Å². The van der Waals surface area contributed by atoms with E-state index in [1.807, 2.05) is 59.5 Å². The number of rotatable bonds is 9. The van der Waals surface area contributed by atoms with E-state index in [1.165, 1.54) is 0 Å². The van der Waals surface area contributed by atoms with Crippen LogP contribution in [0.4, 0.5) is 11.4 Å². The Balaban J connectivity index is 1.13. The van der Waals surface area contributed by atoms with E-state index in [2.05, 4.69) is 10.2 Å². The highest BCUT2D eigenvalue weighted by atomic mass is 16.5. The Hall–Kier alpha value is -4.33. The third kappa shape index (κ3) is 6.62. The third-order valence-corrected chi connectivity index (χ3v) is 7.74. The molecule has 1 saturated carbocycles. The average Bonchev–Trinajstić information content (AvgIpc) is 2.96. The van der Waals surface area contributed by atoms with Gasteiger partial charge >= 0.3 is 0 Å². The quantitative estimate of drug-likeness (QED) is 0.435. The number of benzene rings is 3. The van der Waals surface area contributed by atoms with Crippen LogP contribution < -0.4 is 15.0 Å². The van der Waals surface area contributed by atoms with Gasteiger partial charge in [-0.3, -0.25) is 14.4 Å². The van der Waals surface area contributed by atoms with E-state index < -0.39 is 0 Å².